The van der Waals surface area contributed by atoms with Crippen LogP contribution in [0.2, 0.25) is 0 Å². The van der Waals surface area contributed by atoms with Gasteiger partial charge < -0.3 is 19.8 Å². The van der Waals surface area contributed by atoms with E-state index in [2.05, 4.69) is 10.6 Å². The van der Waals surface area contributed by atoms with Crippen LogP contribution in [0.5, 0.6) is 0 Å². The normalized spacial score (nSPS) is 26.5. The number of ketones is 1. The number of ether oxygens (including phenoxy) is 1. The first-order valence-electron chi connectivity index (χ1n) is 8.72. The van der Waals surface area contributed by atoms with Gasteiger partial charge in [-0.3, -0.25) is 14.4 Å². The number of rotatable bonds is 6. The van der Waals surface area contributed by atoms with E-state index >= 15 is 0 Å². The van der Waals surface area contributed by atoms with Crippen molar-refractivity contribution in [1.29, 1.82) is 0 Å². The van der Waals surface area contributed by atoms with Crippen molar-refractivity contribution >= 4 is 17.6 Å². The standard InChI is InChI=1S/C18H24N2O5/c1-11(2)8-13(19-16(22)12-5-7-24-9-12)17(23)20-18-6-3-4-15(18)25-10-14(18)21/h5,7,9,11,13,15H,3-4,6,8,10H2,1-2H3,(H,19,22)(H,20,23). The van der Waals surface area contributed by atoms with Crippen LogP contribution >= 0.6 is 0 Å². The molecule has 1 aromatic rings. The van der Waals surface area contributed by atoms with Crippen molar-refractivity contribution in [2.24, 2.45) is 5.92 Å². The Labute approximate surface area is 146 Å². The van der Waals surface area contributed by atoms with Gasteiger partial charge in [0.1, 0.15) is 24.5 Å². The van der Waals surface area contributed by atoms with Crippen LogP contribution in [-0.2, 0) is 14.3 Å². The van der Waals surface area contributed by atoms with Gasteiger partial charge in [0.2, 0.25) is 5.91 Å². The summed E-state index contributed by atoms with van der Waals surface area (Å²) in [5.41, 5.74) is -0.564. The maximum atomic E-state index is 12.9. The van der Waals surface area contributed by atoms with Gasteiger partial charge in [-0.1, -0.05) is 13.8 Å². The van der Waals surface area contributed by atoms with Gasteiger partial charge in [-0.15, -0.1) is 0 Å². The first kappa shape index (κ1) is 17.7. The van der Waals surface area contributed by atoms with Crippen molar-refractivity contribution in [2.45, 2.75) is 57.2 Å². The van der Waals surface area contributed by atoms with Crippen molar-refractivity contribution in [3.8, 4) is 0 Å². The number of Topliss-reactive ketones (excluding diaryl/α,β-unsaturated/α-hetero) is 1. The van der Waals surface area contributed by atoms with Crippen LogP contribution in [-0.4, -0.2) is 41.9 Å². The van der Waals surface area contributed by atoms with E-state index in [0.29, 0.717) is 18.4 Å². The fourth-order valence-electron chi connectivity index (χ4n) is 3.68. The molecule has 7 heteroatoms. The predicted octanol–water partition coefficient (Wildman–Crippen LogP) is 1.43. The summed E-state index contributed by atoms with van der Waals surface area (Å²) in [5.74, 6) is -0.582. The summed E-state index contributed by atoms with van der Waals surface area (Å²) < 4.78 is 10.4. The highest BCUT2D eigenvalue weighted by atomic mass is 16.5. The summed E-state index contributed by atoms with van der Waals surface area (Å²) in [6, 6.07) is 0.825. The Hall–Kier alpha value is -2.15. The molecule has 1 aromatic heterocycles. The van der Waals surface area contributed by atoms with Crippen LogP contribution < -0.4 is 10.6 Å². The Morgan fingerprint density at radius 1 is 1.40 bits per heavy atom. The quantitative estimate of drug-likeness (QED) is 0.810. The lowest BCUT2D eigenvalue weighted by molar-refractivity contribution is -0.131. The molecule has 1 aliphatic carbocycles. The highest BCUT2D eigenvalue weighted by molar-refractivity contribution is 6.00. The van der Waals surface area contributed by atoms with Crippen molar-refractivity contribution in [3.63, 3.8) is 0 Å². The third kappa shape index (κ3) is 3.46. The zero-order valence-electron chi connectivity index (χ0n) is 14.5. The molecule has 0 radical (unpaired) electrons. The minimum absolute atomic E-state index is 0.0428. The maximum Gasteiger partial charge on any atom is 0.255 e. The summed E-state index contributed by atoms with van der Waals surface area (Å²) in [4.78, 5) is 37.5. The second kappa shape index (κ2) is 7.00. The molecule has 2 N–H and O–H groups in total. The molecule has 3 unspecified atom stereocenters. The third-order valence-corrected chi connectivity index (χ3v) is 4.96. The van der Waals surface area contributed by atoms with Crippen molar-refractivity contribution in [3.05, 3.63) is 24.2 Å². The van der Waals surface area contributed by atoms with Crippen LogP contribution in [0.15, 0.2) is 23.0 Å². The van der Waals surface area contributed by atoms with Crippen LogP contribution in [0.25, 0.3) is 0 Å². The average molecular weight is 348 g/mol. The molecular weight excluding hydrogens is 324 g/mol. The lowest BCUT2D eigenvalue weighted by atomic mass is 9.91. The highest BCUT2D eigenvalue weighted by Crippen LogP contribution is 2.37. The first-order valence-corrected chi connectivity index (χ1v) is 8.72. The highest BCUT2D eigenvalue weighted by Gasteiger charge is 2.55. The smallest absolute Gasteiger partial charge is 0.255 e. The molecule has 0 bridgehead atoms. The molecule has 3 atom stereocenters. The number of nitrogens with one attached hydrogen (secondary N) is 2. The van der Waals surface area contributed by atoms with Crippen molar-refractivity contribution in [1.82, 2.24) is 10.6 Å². The molecule has 2 heterocycles. The molecule has 3 rings (SSSR count). The fraction of sp³-hybridized carbons (Fsp3) is 0.611. The minimum Gasteiger partial charge on any atom is -0.472 e. The summed E-state index contributed by atoms with van der Waals surface area (Å²) in [7, 11) is 0. The van der Waals surface area contributed by atoms with Crippen LogP contribution in [0.4, 0.5) is 0 Å². The van der Waals surface area contributed by atoms with E-state index < -0.39 is 11.6 Å². The number of furan rings is 1. The summed E-state index contributed by atoms with van der Waals surface area (Å²) >= 11 is 0. The van der Waals surface area contributed by atoms with Crippen LogP contribution in [0, 0.1) is 5.92 Å². The molecule has 7 nitrogen and oxygen atoms in total. The van der Waals surface area contributed by atoms with E-state index in [-0.39, 0.29) is 36.2 Å². The second-order valence-corrected chi connectivity index (χ2v) is 7.24. The zero-order chi connectivity index (χ0) is 18.0. The summed E-state index contributed by atoms with van der Waals surface area (Å²) in [6.07, 6.45) is 5.16. The first-order chi connectivity index (χ1) is 11.9. The number of carbonyl (C=O) groups is 3. The second-order valence-electron chi connectivity index (χ2n) is 7.24. The lowest BCUT2D eigenvalue weighted by Gasteiger charge is -2.30. The summed E-state index contributed by atoms with van der Waals surface area (Å²) in [5, 5.41) is 5.66. The number of hydrogen-bond acceptors (Lipinski definition) is 5. The average Bonchev–Trinajstić information content (AvgIpc) is 3.26. The largest absolute Gasteiger partial charge is 0.472 e. The van der Waals surface area contributed by atoms with Gasteiger partial charge in [-0.05, 0) is 37.7 Å². The Balaban J connectivity index is 1.73. The van der Waals surface area contributed by atoms with Crippen LogP contribution in [0.3, 0.4) is 0 Å². The number of fused-ring (bicyclic) bond motifs is 1. The molecule has 2 aliphatic rings. The van der Waals surface area contributed by atoms with E-state index in [9.17, 15) is 14.4 Å². The Kier molecular flexibility index (Phi) is 4.94. The SMILES string of the molecule is CC(C)CC(NC(=O)c1ccoc1)C(=O)NC12CCCC1OCC2=O. The summed E-state index contributed by atoms with van der Waals surface area (Å²) in [6.45, 7) is 4.00. The van der Waals surface area contributed by atoms with Gasteiger partial charge >= 0.3 is 0 Å². The molecule has 1 saturated carbocycles. The molecule has 0 aromatic carbocycles. The van der Waals surface area contributed by atoms with E-state index in [1.54, 1.807) is 6.07 Å². The van der Waals surface area contributed by atoms with Crippen LogP contribution in [0.1, 0.15) is 49.9 Å². The van der Waals surface area contributed by atoms with E-state index in [1.165, 1.54) is 12.5 Å². The van der Waals surface area contributed by atoms with E-state index in [0.717, 1.165) is 12.8 Å². The Morgan fingerprint density at radius 2 is 2.20 bits per heavy atom. The molecule has 0 spiro atoms. The van der Waals surface area contributed by atoms with Crippen molar-refractivity contribution in [2.75, 3.05) is 6.61 Å². The molecule has 2 amide bonds. The minimum atomic E-state index is -0.924. The number of carbonyl (C=O) groups excluding carboxylic acids is 3. The Morgan fingerprint density at radius 3 is 2.88 bits per heavy atom. The molecule has 2 fully saturated rings. The molecule has 1 aliphatic heterocycles. The van der Waals surface area contributed by atoms with Gasteiger partial charge in [0.15, 0.2) is 5.78 Å². The third-order valence-electron chi connectivity index (χ3n) is 4.96. The van der Waals surface area contributed by atoms with Gasteiger partial charge in [0.05, 0.1) is 17.9 Å². The fourth-order valence-corrected chi connectivity index (χ4v) is 3.68. The van der Waals surface area contributed by atoms with E-state index in [1.807, 2.05) is 13.8 Å². The van der Waals surface area contributed by atoms with Gasteiger partial charge in [-0.2, -0.15) is 0 Å². The number of amides is 2. The molecule has 25 heavy (non-hydrogen) atoms. The number of hydrogen-bond donors (Lipinski definition) is 2. The predicted molar refractivity (Wildman–Crippen MR) is 88.9 cm³/mol. The van der Waals surface area contributed by atoms with E-state index in [4.69, 9.17) is 9.15 Å². The molecule has 1 saturated heterocycles. The molecule has 136 valence electrons. The topological polar surface area (TPSA) is 97.6 Å². The lowest BCUT2D eigenvalue weighted by Crippen LogP contribution is -2.60. The Bertz CT molecular complexity index is 654. The maximum absolute atomic E-state index is 12.9. The van der Waals surface area contributed by atoms with Gasteiger partial charge in [-0.25, -0.2) is 0 Å². The zero-order valence-corrected chi connectivity index (χ0v) is 14.5. The van der Waals surface area contributed by atoms with Gasteiger partial charge in [0, 0.05) is 0 Å². The monoisotopic (exact) mass is 348 g/mol. The van der Waals surface area contributed by atoms with Gasteiger partial charge in [0.25, 0.3) is 5.91 Å². The van der Waals surface area contributed by atoms with Crippen molar-refractivity contribution < 1.29 is 23.5 Å². The molecular formula is C18H24N2O5.